The van der Waals surface area contributed by atoms with E-state index in [1.54, 1.807) is 18.2 Å². The topological polar surface area (TPSA) is 55.4 Å². The summed E-state index contributed by atoms with van der Waals surface area (Å²) in [5.74, 6) is 0.552. The molecule has 1 rings (SSSR count). The molecule has 0 radical (unpaired) electrons. The molecule has 19 heavy (non-hydrogen) atoms. The van der Waals surface area contributed by atoms with Gasteiger partial charge < -0.3 is 10.1 Å². The third-order valence-corrected chi connectivity index (χ3v) is 3.49. The van der Waals surface area contributed by atoms with Crippen molar-refractivity contribution < 1.29 is 14.3 Å². The minimum atomic E-state index is -0.200. The van der Waals surface area contributed by atoms with Gasteiger partial charge in [-0.05, 0) is 40.9 Å². The molecule has 1 aromatic carbocycles. The van der Waals surface area contributed by atoms with Crippen LogP contribution in [-0.4, -0.2) is 24.8 Å². The van der Waals surface area contributed by atoms with E-state index in [1.165, 1.54) is 0 Å². The number of para-hydroxylation sites is 1. The lowest BCUT2D eigenvalue weighted by atomic mass is 10.1. The van der Waals surface area contributed by atoms with E-state index in [0.717, 1.165) is 0 Å². The Hall–Kier alpha value is -1.36. The Kier molecular flexibility index (Phi) is 6.02. The number of hydrogen-bond acceptors (Lipinski definition) is 3. The largest absolute Gasteiger partial charge is 0.482 e. The first-order valence-corrected chi connectivity index (χ1v) is 6.90. The van der Waals surface area contributed by atoms with E-state index in [-0.39, 0.29) is 18.6 Å². The van der Waals surface area contributed by atoms with Gasteiger partial charge in [-0.2, -0.15) is 0 Å². The number of benzene rings is 1. The number of amides is 1. The molecule has 5 heteroatoms. The molecule has 1 unspecified atom stereocenters. The summed E-state index contributed by atoms with van der Waals surface area (Å²) in [5.41, 5.74) is 0.416. The van der Waals surface area contributed by atoms with Crippen molar-refractivity contribution in [2.75, 3.05) is 6.61 Å². The van der Waals surface area contributed by atoms with Crippen molar-refractivity contribution >= 4 is 28.1 Å². The Labute approximate surface area is 121 Å². The number of halogens is 1. The smallest absolute Gasteiger partial charge is 0.258 e. The van der Waals surface area contributed by atoms with Crippen LogP contribution in [0.2, 0.25) is 0 Å². The van der Waals surface area contributed by atoms with Crippen molar-refractivity contribution in [1.82, 2.24) is 5.32 Å². The van der Waals surface area contributed by atoms with Crippen LogP contribution < -0.4 is 10.1 Å². The molecule has 1 N–H and O–H groups in total. The summed E-state index contributed by atoms with van der Waals surface area (Å²) in [5, 5.41) is 2.84. The number of rotatable bonds is 6. The van der Waals surface area contributed by atoms with Crippen molar-refractivity contribution in [2.24, 2.45) is 5.92 Å². The predicted molar refractivity (Wildman–Crippen MR) is 77.5 cm³/mol. The van der Waals surface area contributed by atoms with Crippen molar-refractivity contribution in [3.8, 4) is 5.75 Å². The lowest BCUT2D eigenvalue weighted by molar-refractivity contribution is -0.124. The molecule has 0 aliphatic heterocycles. The molecular formula is C14H18BrNO3. The van der Waals surface area contributed by atoms with Crippen LogP contribution in [0.15, 0.2) is 22.7 Å². The normalized spacial score (nSPS) is 12.1. The molecule has 0 heterocycles. The van der Waals surface area contributed by atoms with E-state index < -0.39 is 0 Å². The predicted octanol–water partition coefficient (Wildman–Crippen LogP) is 2.80. The minimum Gasteiger partial charge on any atom is -0.482 e. The fourth-order valence-corrected chi connectivity index (χ4v) is 1.87. The summed E-state index contributed by atoms with van der Waals surface area (Å²) in [6.07, 6.45) is 0.703. The summed E-state index contributed by atoms with van der Waals surface area (Å²) in [6, 6.07) is 5.22. The fraction of sp³-hybridized carbons (Fsp3) is 0.429. The fourth-order valence-electron chi connectivity index (χ4n) is 1.37. The van der Waals surface area contributed by atoms with Gasteiger partial charge in [-0.3, -0.25) is 9.59 Å². The third-order valence-electron chi connectivity index (χ3n) is 2.86. The number of ether oxygens (including phenoxy) is 1. The molecule has 4 nitrogen and oxygen atoms in total. The van der Waals surface area contributed by atoms with Crippen LogP contribution in [0.3, 0.4) is 0 Å². The molecule has 0 bridgehead atoms. The van der Waals surface area contributed by atoms with Gasteiger partial charge in [0.1, 0.15) is 5.75 Å². The van der Waals surface area contributed by atoms with Crippen LogP contribution in [0.1, 0.15) is 31.1 Å². The highest BCUT2D eigenvalue weighted by Gasteiger charge is 2.13. The second-order valence-electron chi connectivity index (χ2n) is 4.66. The monoisotopic (exact) mass is 327 g/mol. The van der Waals surface area contributed by atoms with Crippen LogP contribution in [0, 0.1) is 5.92 Å². The van der Waals surface area contributed by atoms with Gasteiger partial charge in [0.15, 0.2) is 12.9 Å². The van der Waals surface area contributed by atoms with Crippen molar-refractivity contribution in [2.45, 2.75) is 26.8 Å². The zero-order chi connectivity index (χ0) is 14.4. The van der Waals surface area contributed by atoms with Crippen LogP contribution in [0.25, 0.3) is 0 Å². The summed E-state index contributed by atoms with van der Waals surface area (Å²) >= 11 is 3.30. The van der Waals surface area contributed by atoms with Crippen molar-refractivity contribution in [3.63, 3.8) is 0 Å². The summed E-state index contributed by atoms with van der Waals surface area (Å²) in [4.78, 5) is 22.6. The Morgan fingerprint density at radius 1 is 1.42 bits per heavy atom. The Bertz CT molecular complexity index is 460. The second-order valence-corrected chi connectivity index (χ2v) is 5.52. The van der Waals surface area contributed by atoms with Crippen molar-refractivity contribution in [3.05, 3.63) is 28.2 Å². The lowest BCUT2D eigenvalue weighted by Crippen LogP contribution is -2.39. The Balaban J connectivity index is 2.62. The van der Waals surface area contributed by atoms with E-state index >= 15 is 0 Å². The van der Waals surface area contributed by atoms with Gasteiger partial charge >= 0.3 is 0 Å². The van der Waals surface area contributed by atoms with Crippen LogP contribution >= 0.6 is 15.9 Å². The standard InChI is InChI=1S/C14H18BrNO3/c1-9(2)10(3)16-13(18)8-19-14-11(7-17)5-4-6-12(14)15/h4-7,9-10H,8H2,1-3H3,(H,16,18). The first-order valence-electron chi connectivity index (χ1n) is 6.11. The zero-order valence-corrected chi connectivity index (χ0v) is 12.9. The molecule has 0 aromatic heterocycles. The van der Waals surface area contributed by atoms with Crippen LogP contribution in [-0.2, 0) is 4.79 Å². The summed E-state index contributed by atoms with van der Waals surface area (Å²) in [7, 11) is 0. The van der Waals surface area contributed by atoms with Gasteiger partial charge in [0, 0.05) is 6.04 Å². The molecule has 1 amide bonds. The molecule has 0 fully saturated rings. The SMILES string of the molecule is CC(C)C(C)NC(=O)COc1c(Br)cccc1C=O. The maximum atomic E-state index is 11.7. The van der Waals surface area contributed by atoms with Crippen molar-refractivity contribution in [1.29, 1.82) is 0 Å². The zero-order valence-electron chi connectivity index (χ0n) is 11.3. The van der Waals surface area contributed by atoms with E-state index in [9.17, 15) is 9.59 Å². The number of carbonyl (C=O) groups is 2. The van der Waals surface area contributed by atoms with Gasteiger partial charge in [-0.1, -0.05) is 19.9 Å². The van der Waals surface area contributed by atoms with Gasteiger partial charge in [-0.15, -0.1) is 0 Å². The first-order chi connectivity index (χ1) is 8.95. The highest BCUT2D eigenvalue weighted by atomic mass is 79.9. The van der Waals surface area contributed by atoms with E-state index in [4.69, 9.17) is 4.74 Å². The number of carbonyl (C=O) groups excluding carboxylic acids is 2. The molecular weight excluding hydrogens is 310 g/mol. The van der Waals surface area contributed by atoms with Crippen LogP contribution in [0.4, 0.5) is 0 Å². The highest BCUT2D eigenvalue weighted by Crippen LogP contribution is 2.27. The molecule has 0 saturated carbocycles. The molecule has 0 spiro atoms. The quantitative estimate of drug-likeness (QED) is 0.817. The highest BCUT2D eigenvalue weighted by molar-refractivity contribution is 9.10. The Morgan fingerprint density at radius 2 is 2.11 bits per heavy atom. The lowest BCUT2D eigenvalue weighted by Gasteiger charge is -2.18. The van der Waals surface area contributed by atoms with Gasteiger partial charge in [-0.25, -0.2) is 0 Å². The number of aldehydes is 1. The van der Waals surface area contributed by atoms with Gasteiger partial charge in [0.05, 0.1) is 10.0 Å². The third kappa shape index (κ3) is 4.67. The molecule has 104 valence electrons. The summed E-state index contributed by atoms with van der Waals surface area (Å²) < 4.78 is 6.07. The second kappa shape index (κ2) is 7.28. The van der Waals surface area contributed by atoms with Crippen LogP contribution in [0.5, 0.6) is 5.75 Å². The molecule has 0 saturated heterocycles. The maximum Gasteiger partial charge on any atom is 0.258 e. The van der Waals surface area contributed by atoms with Gasteiger partial charge in [0.25, 0.3) is 5.91 Å². The van der Waals surface area contributed by atoms with E-state index in [2.05, 4.69) is 21.2 Å². The first kappa shape index (κ1) is 15.7. The summed E-state index contributed by atoms with van der Waals surface area (Å²) in [6.45, 7) is 5.90. The molecule has 0 aliphatic carbocycles. The molecule has 0 aliphatic rings. The molecule has 1 atom stereocenters. The average Bonchev–Trinajstić information content (AvgIpc) is 2.36. The minimum absolute atomic E-state index is 0.0841. The average molecular weight is 328 g/mol. The Morgan fingerprint density at radius 3 is 2.68 bits per heavy atom. The molecule has 1 aromatic rings. The van der Waals surface area contributed by atoms with E-state index in [0.29, 0.717) is 28.0 Å². The van der Waals surface area contributed by atoms with E-state index in [1.807, 2.05) is 20.8 Å². The number of nitrogens with one attached hydrogen (secondary N) is 1. The van der Waals surface area contributed by atoms with Gasteiger partial charge in [0.2, 0.25) is 0 Å². The number of hydrogen-bond donors (Lipinski definition) is 1. The maximum absolute atomic E-state index is 11.7.